The highest BCUT2D eigenvalue weighted by Crippen LogP contribution is 2.14. The second kappa shape index (κ2) is 7.17. The molecule has 114 valence electrons. The minimum absolute atomic E-state index is 0.0954. The number of ether oxygens (including phenoxy) is 1. The molecule has 1 saturated heterocycles. The Morgan fingerprint density at radius 1 is 1.60 bits per heavy atom. The first-order chi connectivity index (χ1) is 9.63. The Bertz CT molecular complexity index is 408. The van der Waals surface area contributed by atoms with Crippen LogP contribution in [-0.2, 0) is 11.2 Å². The van der Waals surface area contributed by atoms with Crippen LogP contribution in [0.2, 0.25) is 0 Å². The average molecular weight is 281 g/mol. The molecule has 0 bridgehead atoms. The third kappa shape index (κ3) is 3.79. The van der Waals surface area contributed by atoms with Crippen molar-refractivity contribution in [1.29, 1.82) is 0 Å². The molecule has 0 spiro atoms. The van der Waals surface area contributed by atoms with E-state index in [1.807, 2.05) is 10.9 Å². The van der Waals surface area contributed by atoms with Gasteiger partial charge in [0.15, 0.2) is 0 Å². The number of hydrazine groups is 1. The Morgan fingerprint density at radius 3 is 3.05 bits per heavy atom. The second-order valence-corrected chi connectivity index (χ2v) is 5.69. The normalized spacial score (nSPS) is 23.7. The van der Waals surface area contributed by atoms with Gasteiger partial charge in [0.05, 0.1) is 24.4 Å². The Labute approximate surface area is 121 Å². The Hall–Kier alpha value is -0.950. The Kier molecular flexibility index (Phi) is 5.54. The standard InChI is InChI=1S/C14H27N5O/c1-4-11(2)19-6-5-12(17-19)9-13(16-15)14-10-18(3)7-8-20-14/h5-6,11,13-14,16H,4,7-10,15H2,1-3H3. The summed E-state index contributed by atoms with van der Waals surface area (Å²) in [7, 11) is 2.11. The van der Waals surface area contributed by atoms with Crippen molar-refractivity contribution in [3.05, 3.63) is 18.0 Å². The highest BCUT2D eigenvalue weighted by Gasteiger charge is 2.26. The van der Waals surface area contributed by atoms with Crippen LogP contribution in [0, 0.1) is 0 Å². The summed E-state index contributed by atoms with van der Waals surface area (Å²) in [5, 5.41) is 4.63. The van der Waals surface area contributed by atoms with Gasteiger partial charge in [-0.05, 0) is 26.5 Å². The third-order valence-electron chi connectivity index (χ3n) is 4.09. The van der Waals surface area contributed by atoms with Gasteiger partial charge in [0.1, 0.15) is 0 Å². The quantitative estimate of drug-likeness (QED) is 0.589. The number of likely N-dealkylation sites (N-methyl/N-ethyl adjacent to an activating group) is 1. The first-order valence-corrected chi connectivity index (χ1v) is 7.44. The molecule has 1 aliphatic rings. The van der Waals surface area contributed by atoms with Crippen molar-refractivity contribution in [3.63, 3.8) is 0 Å². The summed E-state index contributed by atoms with van der Waals surface area (Å²) >= 11 is 0. The molecule has 1 aromatic rings. The van der Waals surface area contributed by atoms with Crippen LogP contribution in [-0.4, -0.2) is 53.6 Å². The first kappa shape index (κ1) is 15.4. The molecule has 1 aliphatic heterocycles. The van der Waals surface area contributed by atoms with E-state index in [0.717, 1.165) is 38.2 Å². The number of hydrogen-bond donors (Lipinski definition) is 2. The second-order valence-electron chi connectivity index (χ2n) is 5.69. The topological polar surface area (TPSA) is 68.3 Å². The summed E-state index contributed by atoms with van der Waals surface area (Å²) in [6.45, 7) is 6.99. The van der Waals surface area contributed by atoms with Gasteiger partial charge < -0.3 is 9.64 Å². The first-order valence-electron chi connectivity index (χ1n) is 7.44. The molecule has 3 N–H and O–H groups in total. The van der Waals surface area contributed by atoms with E-state index in [-0.39, 0.29) is 12.1 Å². The van der Waals surface area contributed by atoms with Gasteiger partial charge in [-0.3, -0.25) is 16.0 Å². The number of rotatable bonds is 6. The van der Waals surface area contributed by atoms with E-state index in [1.54, 1.807) is 0 Å². The van der Waals surface area contributed by atoms with Crippen molar-refractivity contribution in [2.24, 2.45) is 5.84 Å². The lowest BCUT2D eigenvalue weighted by Crippen LogP contribution is -2.54. The lowest BCUT2D eigenvalue weighted by molar-refractivity contribution is -0.0386. The van der Waals surface area contributed by atoms with E-state index in [1.165, 1.54) is 0 Å². The lowest BCUT2D eigenvalue weighted by Gasteiger charge is -2.34. The number of nitrogens with zero attached hydrogens (tertiary/aromatic N) is 3. The minimum atomic E-state index is 0.0954. The third-order valence-corrected chi connectivity index (χ3v) is 4.09. The van der Waals surface area contributed by atoms with Crippen LogP contribution in [0.5, 0.6) is 0 Å². The van der Waals surface area contributed by atoms with Gasteiger partial charge in [0.2, 0.25) is 0 Å². The summed E-state index contributed by atoms with van der Waals surface area (Å²) < 4.78 is 7.85. The highest BCUT2D eigenvalue weighted by molar-refractivity contribution is 5.03. The predicted molar refractivity (Wildman–Crippen MR) is 79.3 cm³/mol. The largest absolute Gasteiger partial charge is 0.374 e. The number of hydrogen-bond acceptors (Lipinski definition) is 5. The molecule has 3 atom stereocenters. The smallest absolute Gasteiger partial charge is 0.0872 e. The van der Waals surface area contributed by atoms with Gasteiger partial charge in [-0.2, -0.15) is 5.10 Å². The van der Waals surface area contributed by atoms with E-state index in [9.17, 15) is 0 Å². The summed E-state index contributed by atoms with van der Waals surface area (Å²) in [4.78, 5) is 2.27. The monoisotopic (exact) mass is 281 g/mol. The molecule has 1 fully saturated rings. The molecule has 20 heavy (non-hydrogen) atoms. The van der Waals surface area contributed by atoms with Gasteiger partial charge in [0, 0.05) is 31.7 Å². The van der Waals surface area contributed by atoms with Crippen molar-refractivity contribution < 1.29 is 4.74 Å². The van der Waals surface area contributed by atoms with E-state index < -0.39 is 0 Å². The maximum Gasteiger partial charge on any atom is 0.0872 e. The van der Waals surface area contributed by atoms with Crippen LogP contribution in [0.15, 0.2) is 12.3 Å². The van der Waals surface area contributed by atoms with Crippen molar-refractivity contribution in [2.45, 2.75) is 44.9 Å². The fourth-order valence-electron chi connectivity index (χ4n) is 2.50. The van der Waals surface area contributed by atoms with E-state index >= 15 is 0 Å². The molecule has 0 amide bonds. The van der Waals surface area contributed by atoms with Gasteiger partial charge in [-0.25, -0.2) is 0 Å². The fourth-order valence-corrected chi connectivity index (χ4v) is 2.50. The molecule has 2 heterocycles. The number of nitrogens with two attached hydrogens (primary N) is 1. The SMILES string of the molecule is CCC(C)n1ccc(CC(NN)C2CN(C)CCO2)n1. The molecule has 2 rings (SSSR count). The van der Waals surface area contributed by atoms with Crippen LogP contribution in [0.1, 0.15) is 32.0 Å². The maximum atomic E-state index is 5.83. The molecule has 1 aromatic heterocycles. The fraction of sp³-hybridized carbons (Fsp3) is 0.786. The summed E-state index contributed by atoms with van der Waals surface area (Å²) in [5.74, 6) is 5.71. The van der Waals surface area contributed by atoms with Crippen molar-refractivity contribution >= 4 is 0 Å². The molecular weight excluding hydrogens is 254 g/mol. The Balaban J connectivity index is 1.97. The molecule has 0 aliphatic carbocycles. The van der Waals surface area contributed by atoms with Crippen LogP contribution in [0.3, 0.4) is 0 Å². The van der Waals surface area contributed by atoms with Crippen LogP contribution in [0.25, 0.3) is 0 Å². The molecule has 6 heteroatoms. The Morgan fingerprint density at radius 2 is 2.40 bits per heavy atom. The van der Waals surface area contributed by atoms with Crippen molar-refractivity contribution in [3.8, 4) is 0 Å². The van der Waals surface area contributed by atoms with E-state index in [0.29, 0.717) is 6.04 Å². The lowest BCUT2D eigenvalue weighted by atomic mass is 10.0. The predicted octanol–water partition coefficient (Wildman–Crippen LogP) is 0.559. The molecule has 0 radical (unpaired) electrons. The van der Waals surface area contributed by atoms with E-state index in [2.05, 4.69) is 42.4 Å². The van der Waals surface area contributed by atoms with Gasteiger partial charge >= 0.3 is 0 Å². The van der Waals surface area contributed by atoms with Crippen molar-refractivity contribution in [1.82, 2.24) is 20.1 Å². The summed E-state index contributed by atoms with van der Waals surface area (Å²) in [5.41, 5.74) is 3.95. The number of aromatic nitrogens is 2. The zero-order chi connectivity index (χ0) is 14.5. The molecule has 0 saturated carbocycles. The van der Waals surface area contributed by atoms with Gasteiger partial charge in [0.25, 0.3) is 0 Å². The molecular formula is C14H27N5O. The highest BCUT2D eigenvalue weighted by atomic mass is 16.5. The van der Waals surface area contributed by atoms with E-state index in [4.69, 9.17) is 10.6 Å². The summed E-state index contributed by atoms with van der Waals surface area (Å²) in [6, 6.07) is 2.60. The zero-order valence-electron chi connectivity index (χ0n) is 12.7. The molecule has 3 unspecified atom stereocenters. The molecule has 0 aromatic carbocycles. The van der Waals surface area contributed by atoms with Crippen LogP contribution in [0.4, 0.5) is 0 Å². The number of nitrogens with one attached hydrogen (secondary N) is 1. The summed E-state index contributed by atoms with van der Waals surface area (Å²) in [6.07, 6.45) is 4.03. The maximum absolute atomic E-state index is 5.83. The average Bonchev–Trinajstić information content (AvgIpc) is 2.92. The van der Waals surface area contributed by atoms with Gasteiger partial charge in [-0.1, -0.05) is 6.92 Å². The number of morpholine rings is 1. The van der Waals surface area contributed by atoms with Crippen LogP contribution < -0.4 is 11.3 Å². The zero-order valence-corrected chi connectivity index (χ0v) is 12.7. The molecule has 6 nitrogen and oxygen atoms in total. The minimum Gasteiger partial charge on any atom is -0.374 e. The van der Waals surface area contributed by atoms with Crippen molar-refractivity contribution in [2.75, 3.05) is 26.7 Å². The van der Waals surface area contributed by atoms with Gasteiger partial charge in [-0.15, -0.1) is 0 Å². The van der Waals surface area contributed by atoms with Crippen LogP contribution >= 0.6 is 0 Å².